The fourth-order valence-electron chi connectivity index (χ4n) is 1.78. The number of halogens is 2. The monoisotopic (exact) mass is 258 g/mol. The van der Waals surface area contributed by atoms with Crippen molar-refractivity contribution in [1.82, 2.24) is 0 Å². The summed E-state index contributed by atoms with van der Waals surface area (Å²) in [5.41, 5.74) is 6.96. The highest BCUT2D eigenvalue weighted by Crippen LogP contribution is 2.28. The molecule has 96 valence electrons. The minimum Gasteiger partial charge on any atom is -0.373 e. The van der Waals surface area contributed by atoms with E-state index in [-0.39, 0.29) is 5.82 Å². The van der Waals surface area contributed by atoms with E-state index < -0.39 is 0 Å². The summed E-state index contributed by atoms with van der Waals surface area (Å²) >= 11 is 6.13. The van der Waals surface area contributed by atoms with Gasteiger partial charge in [-0.2, -0.15) is 0 Å². The molecule has 2 N–H and O–H groups in total. The minimum atomic E-state index is -0.225. The van der Waals surface area contributed by atoms with Gasteiger partial charge in [-0.25, -0.2) is 4.39 Å². The van der Waals surface area contributed by atoms with Crippen molar-refractivity contribution >= 4 is 17.3 Å². The van der Waals surface area contributed by atoms with E-state index in [1.807, 2.05) is 11.9 Å². The molecule has 0 spiro atoms. The highest BCUT2D eigenvalue weighted by molar-refractivity contribution is 6.33. The maximum absolute atomic E-state index is 13.5. The van der Waals surface area contributed by atoms with E-state index in [1.165, 1.54) is 6.07 Å². The number of nitrogens with two attached hydrogens (primary N) is 1. The van der Waals surface area contributed by atoms with E-state index >= 15 is 0 Å². The summed E-state index contributed by atoms with van der Waals surface area (Å²) in [6.45, 7) is 5.23. The highest BCUT2D eigenvalue weighted by atomic mass is 35.5. The number of hydrogen-bond donors (Lipinski definition) is 1. The van der Waals surface area contributed by atoms with Crippen LogP contribution in [0.3, 0.4) is 0 Å². The van der Waals surface area contributed by atoms with E-state index in [0.717, 1.165) is 18.7 Å². The SMILES string of the molecule is CCC(CN)CN(C)c1cc(F)c(C)cc1Cl. The van der Waals surface area contributed by atoms with E-state index in [0.29, 0.717) is 23.0 Å². The first-order valence-electron chi connectivity index (χ1n) is 5.86. The highest BCUT2D eigenvalue weighted by Gasteiger charge is 2.13. The fourth-order valence-corrected chi connectivity index (χ4v) is 2.15. The molecule has 0 aliphatic heterocycles. The van der Waals surface area contributed by atoms with Crippen molar-refractivity contribution in [3.8, 4) is 0 Å². The van der Waals surface area contributed by atoms with Gasteiger partial charge in [-0.05, 0) is 37.1 Å². The zero-order valence-electron chi connectivity index (χ0n) is 10.6. The van der Waals surface area contributed by atoms with Gasteiger partial charge in [0.2, 0.25) is 0 Å². The van der Waals surface area contributed by atoms with Gasteiger partial charge in [-0.3, -0.25) is 0 Å². The molecule has 1 unspecified atom stereocenters. The van der Waals surface area contributed by atoms with Crippen LogP contribution < -0.4 is 10.6 Å². The zero-order chi connectivity index (χ0) is 13.0. The molecule has 2 nitrogen and oxygen atoms in total. The quantitative estimate of drug-likeness (QED) is 0.879. The van der Waals surface area contributed by atoms with Gasteiger partial charge in [-0.15, -0.1) is 0 Å². The van der Waals surface area contributed by atoms with Crippen molar-refractivity contribution in [3.05, 3.63) is 28.5 Å². The summed E-state index contributed by atoms with van der Waals surface area (Å²) in [4.78, 5) is 1.96. The third-order valence-corrected chi connectivity index (χ3v) is 3.38. The summed E-state index contributed by atoms with van der Waals surface area (Å²) in [5.74, 6) is 0.178. The first kappa shape index (κ1) is 14.3. The van der Waals surface area contributed by atoms with Crippen LogP contribution in [-0.4, -0.2) is 20.1 Å². The van der Waals surface area contributed by atoms with Crippen LogP contribution >= 0.6 is 11.6 Å². The van der Waals surface area contributed by atoms with Gasteiger partial charge in [0.1, 0.15) is 5.82 Å². The molecule has 0 saturated carbocycles. The predicted molar refractivity (Wildman–Crippen MR) is 72.3 cm³/mol. The maximum Gasteiger partial charge on any atom is 0.128 e. The number of nitrogens with zero attached hydrogens (tertiary/aromatic N) is 1. The van der Waals surface area contributed by atoms with Crippen molar-refractivity contribution in [2.24, 2.45) is 11.7 Å². The first-order valence-corrected chi connectivity index (χ1v) is 6.24. The molecular weight excluding hydrogens is 239 g/mol. The molecule has 1 atom stereocenters. The van der Waals surface area contributed by atoms with Crippen LogP contribution in [0.4, 0.5) is 10.1 Å². The van der Waals surface area contributed by atoms with Crippen molar-refractivity contribution in [2.45, 2.75) is 20.3 Å². The van der Waals surface area contributed by atoms with Gasteiger partial charge >= 0.3 is 0 Å². The van der Waals surface area contributed by atoms with Crippen LogP contribution in [0, 0.1) is 18.7 Å². The zero-order valence-corrected chi connectivity index (χ0v) is 11.4. The molecule has 0 saturated heterocycles. The van der Waals surface area contributed by atoms with Crippen LogP contribution in [0.1, 0.15) is 18.9 Å². The van der Waals surface area contributed by atoms with E-state index in [1.54, 1.807) is 13.0 Å². The van der Waals surface area contributed by atoms with Crippen molar-refractivity contribution in [2.75, 3.05) is 25.0 Å². The van der Waals surface area contributed by atoms with Crippen molar-refractivity contribution in [3.63, 3.8) is 0 Å². The second kappa shape index (κ2) is 6.22. The Bertz CT molecular complexity index is 378. The molecule has 1 aromatic rings. The molecule has 0 heterocycles. The van der Waals surface area contributed by atoms with Crippen LogP contribution in [0.15, 0.2) is 12.1 Å². The van der Waals surface area contributed by atoms with Crippen LogP contribution in [0.2, 0.25) is 5.02 Å². The maximum atomic E-state index is 13.5. The summed E-state index contributed by atoms with van der Waals surface area (Å²) < 4.78 is 13.5. The van der Waals surface area contributed by atoms with Gasteiger partial charge in [0.25, 0.3) is 0 Å². The predicted octanol–water partition coefficient (Wildman–Crippen LogP) is 3.21. The van der Waals surface area contributed by atoms with E-state index in [2.05, 4.69) is 6.92 Å². The molecule has 0 fully saturated rings. The number of anilines is 1. The lowest BCUT2D eigenvalue weighted by Crippen LogP contribution is -2.29. The number of benzene rings is 1. The van der Waals surface area contributed by atoms with Gasteiger partial charge < -0.3 is 10.6 Å². The molecule has 0 amide bonds. The minimum absolute atomic E-state index is 0.225. The second-order valence-electron chi connectivity index (χ2n) is 4.44. The third-order valence-electron chi connectivity index (χ3n) is 3.08. The summed E-state index contributed by atoms with van der Waals surface area (Å²) in [5, 5.41) is 0.582. The Kier molecular flexibility index (Phi) is 5.22. The Balaban J connectivity index is 2.88. The molecule has 0 radical (unpaired) electrons. The smallest absolute Gasteiger partial charge is 0.128 e. The van der Waals surface area contributed by atoms with Crippen molar-refractivity contribution < 1.29 is 4.39 Å². The second-order valence-corrected chi connectivity index (χ2v) is 4.85. The van der Waals surface area contributed by atoms with Gasteiger partial charge in [0, 0.05) is 13.6 Å². The standard InChI is InChI=1S/C13H20ClFN2/c1-4-10(7-16)8-17(3)13-6-12(15)9(2)5-11(13)14/h5-6,10H,4,7-8,16H2,1-3H3. The number of rotatable bonds is 5. The molecular formula is C13H20ClFN2. The Morgan fingerprint density at radius 3 is 2.65 bits per heavy atom. The molecule has 0 aromatic heterocycles. The average molecular weight is 259 g/mol. The Morgan fingerprint density at radius 1 is 1.47 bits per heavy atom. The molecule has 4 heteroatoms. The Hall–Kier alpha value is -0.800. The molecule has 1 aromatic carbocycles. The summed E-state index contributed by atoms with van der Waals surface area (Å²) in [6, 6.07) is 3.15. The normalized spacial score (nSPS) is 12.6. The largest absolute Gasteiger partial charge is 0.373 e. The summed E-state index contributed by atoms with van der Waals surface area (Å²) in [6.07, 6.45) is 1.01. The van der Waals surface area contributed by atoms with E-state index in [4.69, 9.17) is 17.3 Å². The molecule has 0 bridgehead atoms. The molecule has 17 heavy (non-hydrogen) atoms. The average Bonchev–Trinajstić information content (AvgIpc) is 2.30. The lowest BCUT2D eigenvalue weighted by molar-refractivity contribution is 0.520. The Morgan fingerprint density at radius 2 is 2.12 bits per heavy atom. The van der Waals surface area contributed by atoms with Gasteiger partial charge in [-0.1, -0.05) is 24.9 Å². The lowest BCUT2D eigenvalue weighted by Gasteiger charge is -2.25. The number of hydrogen-bond acceptors (Lipinski definition) is 2. The van der Waals surface area contributed by atoms with E-state index in [9.17, 15) is 4.39 Å². The van der Waals surface area contributed by atoms with Crippen molar-refractivity contribution in [1.29, 1.82) is 0 Å². The summed E-state index contributed by atoms with van der Waals surface area (Å²) in [7, 11) is 1.91. The first-order chi connectivity index (χ1) is 7.99. The van der Waals surface area contributed by atoms with Crippen LogP contribution in [-0.2, 0) is 0 Å². The van der Waals surface area contributed by atoms with Gasteiger partial charge in [0.15, 0.2) is 0 Å². The van der Waals surface area contributed by atoms with Crippen LogP contribution in [0.25, 0.3) is 0 Å². The third kappa shape index (κ3) is 3.58. The molecule has 0 aliphatic rings. The lowest BCUT2D eigenvalue weighted by atomic mass is 10.1. The molecule has 0 aliphatic carbocycles. The molecule has 1 rings (SSSR count). The van der Waals surface area contributed by atoms with Crippen LogP contribution in [0.5, 0.6) is 0 Å². The fraction of sp³-hybridized carbons (Fsp3) is 0.538. The Labute approximate surface area is 108 Å². The number of aryl methyl sites for hydroxylation is 1. The van der Waals surface area contributed by atoms with Gasteiger partial charge in [0.05, 0.1) is 10.7 Å². The topological polar surface area (TPSA) is 29.3 Å².